The summed E-state index contributed by atoms with van der Waals surface area (Å²) in [5, 5.41) is 0. The second-order valence-electron chi connectivity index (χ2n) is 3.01. The topological polar surface area (TPSA) is 55.7 Å². The molecule has 0 bridgehead atoms. The Balaban J connectivity index is 2.12. The van der Waals surface area contributed by atoms with Crippen LogP contribution in [0.3, 0.4) is 0 Å². The predicted octanol–water partition coefficient (Wildman–Crippen LogP) is 1.30. The molecule has 0 atom stereocenters. The van der Waals surface area contributed by atoms with Gasteiger partial charge in [-0.15, -0.1) is 0 Å². The fourth-order valence-corrected chi connectivity index (χ4v) is 1.19. The molecule has 0 N–H and O–H groups in total. The molecule has 0 unspecified atom stereocenters. The van der Waals surface area contributed by atoms with Crippen molar-refractivity contribution in [2.24, 2.45) is 0 Å². The Hall–Kier alpha value is -2.10. The van der Waals surface area contributed by atoms with E-state index >= 15 is 0 Å². The van der Waals surface area contributed by atoms with Crippen LogP contribution in [0, 0.1) is 0 Å². The minimum absolute atomic E-state index is 0.0192. The maximum absolute atomic E-state index is 11.7. The Labute approximate surface area is 87.0 Å². The van der Waals surface area contributed by atoms with Crippen LogP contribution >= 0.6 is 0 Å². The molecule has 0 aliphatic carbocycles. The lowest BCUT2D eigenvalue weighted by molar-refractivity contribution is 0.0990. The molecule has 0 saturated heterocycles. The number of ketones is 1. The van der Waals surface area contributed by atoms with Gasteiger partial charge in [-0.2, -0.15) is 0 Å². The van der Waals surface area contributed by atoms with Crippen molar-refractivity contribution in [1.29, 1.82) is 0 Å². The summed E-state index contributed by atoms with van der Waals surface area (Å²) in [5.74, 6) is 0.514. The number of carbonyl (C=O) groups is 1. The first-order valence-corrected chi connectivity index (χ1v) is 4.55. The van der Waals surface area contributed by atoms with Gasteiger partial charge in [0.2, 0.25) is 0 Å². The average molecular weight is 199 g/mol. The average Bonchev–Trinajstić information content (AvgIpc) is 2.31. The van der Waals surface area contributed by atoms with Gasteiger partial charge in [-0.05, 0) is 18.2 Å². The molecular formula is C11H9N3O. The molecule has 15 heavy (non-hydrogen) atoms. The molecule has 0 aliphatic heterocycles. The molecule has 2 aromatic heterocycles. The highest BCUT2D eigenvalue weighted by molar-refractivity contribution is 5.96. The Morgan fingerprint density at radius 1 is 1.13 bits per heavy atom. The van der Waals surface area contributed by atoms with Crippen molar-refractivity contribution in [2.45, 2.75) is 6.42 Å². The molecule has 0 radical (unpaired) electrons. The molecule has 0 saturated carbocycles. The van der Waals surface area contributed by atoms with Crippen LogP contribution in [-0.2, 0) is 6.42 Å². The van der Waals surface area contributed by atoms with Gasteiger partial charge in [0.05, 0.1) is 6.42 Å². The first-order valence-electron chi connectivity index (χ1n) is 4.55. The Bertz CT molecular complexity index is 442. The predicted molar refractivity (Wildman–Crippen MR) is 54.3 cm³/mol. The van der Waals surface area contributed by atoms with E-state index in [9.17, 15) is 4.79 Å². The number of hydrogen-bond acceptors (Lipinski definition) is 4. The SMILES string of the molecule is O=C(Cc1ncccn1)c1cccnc1. The summed E-state index contributed by atoms with van der Waals surface area (Å²) in [6.45, 7) is 0. The second kappa shape index (κ2) is 4.41. The van der Waals surface area contributed by atoms with Crippen molar-refractivity contribution in [3.05, 3.63) is 54.4 Å². The van der Waals surface area contributed by atoms with Crippen molar-refractivity contribution in [3.8, 4) is 0 Å². The summed E-state index contributed by atoms with van der Waals surface area (Å²) < 4.78 is 0. The van der Waals surface area contributed by atoms with Crippen molar-refractivity contribution < 1.29 is 4.79 Å². The largest absolute Gasteiger partial charge is 0.294 e. The van der Waals surface area contributed by atoms with Gasteiger partial charge >= 0.3 is 0 Å². The van der Waals surface area contributed by atoms with E-state index in [1.165, 1.54) is 0 Å². The summed E-state index contributed by atoms with van der Waals surface area (Å²) in [4.78, 5) is 23.6. The minimum Gasteiger partial charge on any atom is -0.294 e. The molecular weight excluding hydrogens is 190 g/mol. The van der Waals surface area contributed by atoms with E-state index in [4.69, 9.17) is 0 Å². The van der Waals surface area contributed by atoms with E-state index in [1.807, 2.05) is 0 Å². The maximum Gasteiger partial charge on any atom is 0.171 e. The van der Waals surface area contributed by atoms with Gasteiger partial charge in [0, 0.05) is 30.4 Å². The van der Waals surface area contributed by atoms with Gasteiger partial charge in [0.1, 0.15) is 5.82 Å². The van der Waals surface area contributed by atoms with Crippen LogP contribution in [0.2, 0.25) is 0 Å². The zero-order chi connectivity index (χ0) is 10.5. The van der Waals surface area contributed by atoms with Gasteiger partial charge < -0.3 is 0 Å². The molecule has 4 nitrogen and oxygen atoms in total. The van der Waals surface area contributed by atoms with Crippen molar-refractivity contribution in [1.82, 2.24) is 15.0 Å². The third kappa shape index (κ3) is 2.43. The maximum atomic E-state index is 11.7. The van der Waals surface area contributed by atoms with Crippen molar-refractivity contribution in [3.63, 3.8) is 0 Å². The fraction of sp³-hybridized carbons (Fsp3) is 0.0909. The molecule has 2 aromatic rings. The molecule has 0 aliphatic rings. The number of pyridine rings is 1. The summed E-state index contributed by atoms with van der Waals surface area (Å²) in [6.07, 6.45) is 6.64. The number of rotatable bonds is 3. The van der Waals surface area contributed by atoms with Gasteiger partial charge in [0.15, 0.2) is 5.78 Å². The highest BCUT2D eigenvalue weighted by atomic mass is 16.1. The van der Waals surface area contributed by atoms with E-state index in [2.05, 4.69) is 15.0 Å². The van der Waals surface area contributed by atoms with Crippen LogP contribution in [0.15, 0.2) is 43.0 Å². The second-order valence-corrected chi connectivity index (χ2v) is 3.01. The molecule has 4 heteroatoms. The molecule has 74 valence electrons. The first kappa shape index (κ1) is 9.45. The third-order valence-electron chi connectivity index (χ3n) is 1.92. The fourth-order valence-electron chi connectivity index (χ4n) is 1.19. The molecule has 0 amide bonds. The van der Waals surface area contributed by atoms with E-state index in [0.29, 0.717) is 11.4 Å². The van der Waals surface area contributed by atoms with Crippen molar-refractivity contribution >= 4 is 5.78 Å². The Morgan fingerprint density at radius 2 is 1.93 bits per heavy atom. The molecule has 0 aromatic carbocycles. The first-order chi connectivity index (χ1) is 7.36. The van der Waals surface area contributed by atoms with Gasteiger partial charge in [0.25, 0.3) is 0 Å². The molecule has 2 rings (SSSR count). The number of hydrogen-bond donors (Lipinski definition) is 0. The lowest BCUT2D eigenvalue weighted by atomic mass is 10.1. The Morgan fingerprint density at radius 3 is 2.60 bits per heavy atom. The highest BCUT2D eigenvalue weighted by Crippen LogP contribution is 2.01. The van der Waals surface area contributed by atoms with Crippen LogP contribution < -0.4 is 0 Å². The van der Waals surface area contributed by atoms with E-state index in [0.717, 1.165) is 0 Å². The van der Waals surface area contributed by atoms with Crippen molar-refractivity contribution in [2.75, 3.05) is 0 Å². The third-order valence-corrected chi connectivity index (χ3v) is 1.92. The van der Waals surface area contributed by atoms with Gasteiger partial charge in [-0.25, -0.2) is 9.97 Å². The Kier molecular flexibility index (Phi) is 2.78. The smallest absolute Gasteiger partial charge is 0.171 e. The zero-order valence-corrected chi connectivity index (χ0v) is 8.00. The molecule has 0 spiro atoms. The van der Waals surface area contributed by atoms with Gasteiger partial charge in [-0.1, -0.05) is 0 Å². The van der Waals surface area contributed by atoms with Crippen LogP contribution in [0.1, 0.15) is 16.2 Å². The quantitative estimate of drug-likeness (QED) is 0.699. The van der Waals surface area contributed by atoms with Crippen LogP contribution in [0.25, 0.3) is 0 Å². The highest BCUT2D eigenvalue weighted by Gasteiger charge is 2.07. The van der Waals surface area contributed by atoms with Crippen LogP contribution in [-0.4, -0.2) is 20.7 Å². The van der Waals surface area contributed by atoms with Crippen LogP contribution in [0.4, 0.5) is 0 Å². The summed E-state index contributed by atoms with van der Waals surface area (Å²) in [6, 6.07) is 5.19. The standard InChI is InChI=1S/C11H9N3O/c15-10(9-3-1-4-12-8-9)7-11-13-5-2-6-14-11/h1-6,8H,7H2. The molecule has 0 fully saturated rings. The molecule has 2 heterocycles. The van der Waals surface area contributed by atoms with E-state index in [1.54, 1.807) is 43.0 Å². The summed E-state index contributed by atoms with van der Waals surface area (Å²) in [7, 11) is 0. The monoisotopic (exact) mass is 199 g/mol. The normalized spacial score (nSPS) is 9.87. The number of aromatic nitrogens is 3. The lowest BCUT2D eigenvalue weighted by Crippen LogP contribution is -2.06. The zero-order valence-electron chi connectivity index (χ0n) is 8.00. The van der Waals surface area contributed by atoms with E-state index < -0.39 is 0 Å². The lowest BCUT2D eigenvalue weighted by Gasteiger charge is -1.98. The van der Waals surface area contributed by atoms with E-state index in [-0.39, 0.29) is 12.2 Å². The number of Topliss-reactive ketones (excluding diaryl/α,β-unsaturated/α-hetero) is 1. The summed E-state index contributed by atoms with van der Waals surface area (Å²) in [5.41, 5.74) is 0.588. The van der Waals surface area contributed by atoms with Gasteiger partial charge in [-0.3, -0.25) is 9.78 Å². The number of nitrogens with zero attached hydrogens (tertiary/aromatic N) is 3. The summed E-state index contributed by atoms with van der Waals surface area (Å²) >= 11 is 0. The number of carbonyl (C=O) groups excluding carboxylic acids is 1. The van der Waals surface area contributed by atoms with Crippen LogP contribution in [0.5, 0.6) is 0 Å². The minimum atomic E-state index is -0.0192.